The summed E-state index contributed by atoms with van der Waals surface area (Å²) in [7, 11) is 4.45. The van der Waals surface area contributed by atoms with Gasteiger partial charge in [-0.15, -0.1) is 12.4 Å². The second-order valence-electron chi connectivity index (χ2n) is 9.36. The monoisotopic (exact) mass is 472 g/mol. The smallest absolute Gasteiger partial charge is 0.104 e. The van der Waals surface area contributed by atoms with Crippen LogP contribution in [0, 0.1) is 0 Å². The molecule has 0 fully saturated rings. The maximum atomic E-state index is 12.0. The van der Waals surface area contributed by atoms with Crippen molar-refractivity contribution in [3.05, 3.63) is 34.9 Å². The summed E-state index contributed by atoms with van der Waals surface area (Å²) < 4.78 is 0.893. The largest absolute Gasteiger partial charge is 0.862 e. The van der Waals surface area contributed by atoms with E-state index in [9.17, 15) is 5.11 Å². The van der Waals surface area contributed by atoms with Gasteiger partial charge in [0.2, 0.25) is 0 Å². The van der Waals surface area contributed by atoms with Crippen molar-refractivity contribution in [1.82, 2.24) is 0 Å². The summed E-state index contributed by atoms with van der Waals surface area (Å²) >= 11 is 5.96. The summed E-state index contributed by atoms with van der Waals surface area (Å²) in [6.07, 6.45) is 16.0. The van der Waals surface area contributed by atoms with Crippen LogP contribution < -0.4 is 5.11 Å². The topological polar surface area (TPSA) is 35.4 Å². The van der Waals surface area contributed by atoms with Crippen molar-refractivity contribution in [2.75, 3.05) is 27.2 Å². The summed E-state index contributed by atoms with van der Waals surface area (Å²) in [5.41, 5.74) is 1.29. The van der Waals surface area contributed by atoms with E-state index in [1.807, 2.05) is 12.1 Å². The minimum atomic E-state index is 0. The molecule has 0 N–H and O–H groups in total. The van der Waals surface area contributed by atoms with Crippen molar-refractivity contribution < 1.29 is 9.59 Å². The molecule has 180 valence electrons. The van der Waals surface area contributed by atoms with E-state index in [4.69, 9.17) is 11.6 Å². The van der Waals surface area contributed by atoms with Crippen LogP contribution in [0.2, 0.25) is 5.02 Å². The lowest BCUT2D eigenvalue weighted by Gasteiger charge is -2.29. The normalized spacial score (nSPS) is 12.1. The molecule has 0 aromatic heterocycles. The van der Waals surface area contributed by atoms with Gasteiger partial charge in [-0.3, -0.25) is 0 Å². The highest BCUT2D eigenvalue weighted by atomic mass is 35.5. The number of unbranched alkanes of at least 4 members (excludes halogenated alkanes) is 10. The van der Waals surface area contributed by atoms with Crippen LogP contribution in [-0.2, 0) is 6.54 Å². The molecule has 3 nitrogen and oxygen atoms in total. The highest BCUT2D eigenvalue weighted by molar-refractivity contribution is 6.30. The van der Waals surface area contributed by atoms with Crippen LogP contribution in [0.1, 0.15) is 96.0 Å². The van der Waals surface area contributed by atoms with Crippen molar-refractivity contribution in [2.24, 2.45) is 4.99 Å². The first-order chi connectivity index (χ1) is 14.4. The Bertz CT molecular complexity index is 573. The molecule has 1 rings (SSSR count). The molecule has 0 aliphatic heterocycles. The second-order valence-corrected chi connectivity index (χ2v) is 9.79. The number of aliphatic imine (C=N–C) groups is 1. The fraction of sp³-hybridized carbons (Fsp3) is 0.731. The van der Waals surface area contributed by atoms with Crippen LogP contribution >= 0.6 is 24.0 Å². The number of nitrogens with zero attached hydrogens (tertiary/aromatic N) is 2. The summed E-state index contributed by atoms with van der Waals surface area (Å²) in [5, 5.41) is 12.7. The molecule has 31 heavy (non-hydrogen) atoms. The molecule has 0 aliphatic carbocycles. The van der Waals surface area contributed by atoms with Gasteiger partial charge in [-0.1, -0.05) is 94.9 Å². The van der Waals surface area contributed by atoms with E-state index in [0.717, 1.165) is 35.4 Å². The third-order valence-corrected chi connectivity index (χ3v) is 5.98. The second kappa shape index (κ2) is 18.8. The standard InChI is InChI=1S/C26H45ClN2O.ClH/c1-4-5-6-7-8-9-10-11-12-13-14-16-26(30)28-21-15-22-29(2,3)23-24-17-19-25(27)20-18-24;/h17-20H,4-16,21-23H2,1-3H3;1H. The molecule has 0 heterocycles. The molecule has 1 aromatic rings. The van der Waals surface area contributed by atoms with Gasteiger partial charge in [-0.25, -0.2) is 0 Å². The fourth-order valence-corrected chi connectivity index (χ4v) is 4.01. The molecule has 0 saturated heterocycles. The zero-order chi connectivity index (χ0) is 22.1. The molecule has 0 unspecified atom stereocenters. The third kappa shape index (κ3) is 17.5. The van der Waals surface area contributed by atoms with Gasteiger partial charge in [0.15, 0.2) is 0 Å². The van der Waals surface area contributed by atoms with Gasteiger partial charge in [0.1, 0.15) is 6.54 Å². The van der Waals surface area contributed by atoms with Gasteiger partial charge in [-0.2, -0.15) is 0 Å². The van der Waals surface area contributed by atoms with Gasteiger partial charge in [0.05, 0.1) is 20.6 Å². The summed E-state index contributed by atoms with van der Waals surface area (Å²) in [5.74, 6) is 0.0916. The van der Waals surface area contributed by atoms with Crippen LogP contribution in [0.4, 0.5) is 0 Å². The van der Waals surface area contributed by atoms with Crippen LogP contribution in [-0.4, -0.2) is 37.6 Å². The van der Waals surface area contributed by atoms with E-state index in [-0.39, 0.29) is 18.3 Å². The Hall–Kier alpha value is -0.770. The maximum absolute atomic E-state index is 12.0. The van der Waals surface area contributed by atoms with Gasteiger partial charge in [0, 0.05) is 23.6 Å². The Morgan fingerprint density at radius 2 is 1.35 bits per heavy atom. The first kappa shape index (κ1) is 30.2. The van der Waals surface area contributed by atoms with Crippen molar-refractivity contribution in [1.29, 1.82) is 0 Å². The lowest BCUT2D eigenvalue weighted by molar-refractivity contribution is -0.903. The Morgan fingerprint density at radius 1 is 0.839 bits per heavy atom. The number of quaternary nitrogens is 1. The van der Waals surface area contributed by atoms with Crippen LogP contribution in [0.15, 0.2) is 29.3 Å². The third-order valence-electron chi connectivity index (χ3n) is 5.73. The van der Waals surface area contributed by atoms with E-state index in [1.165, 1.54) is 69.8 Å². The minimum absolute atomic E-state index is 0. The summed E-state index contributed by atoms with van der Waals surface area (Å²) in [6.45, 7) is 4.89. The zero-order valence-corrected chi connectivity index (χ0v) is 21.8. The lowest BCUT2D eigenvalue weighted by atomic mass is 10.1. The first-order valence-electron chi connectivity index (χ1n) is 12.2. The van der Waals surface area contributed by atoms with E-state index in [1.54, 1.807) is 0 Å². The van der Waals surface area contributed by atoms with Crippen molar-refractivity contribution >= 4 is 29.9 Å². The fourth-order valence-electron chi connectivity index (χ4n) is 3.89. The van der Waals surface area contributed by atoms with Crippen LogP contribution in [0.5, 0.6) is 0 Å². The van der Waals surface area contributed by atoms with Crippen molar-refractivity contribution in [3.63, 3.8) is 0 Å². The SMILES string of the molecule is CCCCCCCCCCCCCC([O-])=NCCC[N+](C)(C)Cc1ccc(Cl)cc1.Cl. The molecule has 0 spiro atoms. The van der Waals surface area contributed by atoms with Crippen LogP contribution in [0.3, 0.4) is 0 Å². The molecule has 5 heteroatoms. The predicted octanol–water partition coefficient (Wildman–Crippen LogP) is 7.19. The predicted molar refractivity (Wildman–Crippen MR) is 137 cm³/mol. The average molecular weight is 474 g/mol. The summed E-state index contributed by atoms with van der Waals surface area (Å²) in [4.78, 5) is 4.26. The Kier molecular flexibility index (Phi) is 18.3. The molecular formula is C26H46Cl2N2O. The number of hydrogen-bond donors (Lipinski definition) is 0. The van der Waals surface area contributed by atoms with Gasteiger partial charge in [-0.05, 0) is 30.9 Å². The number of hydrogen-bond acceptors (Lipinski definition) is 2. The lowest BCUT2D eigenvalue weighted by Crippen LogP contribution is -2.39. The van der Waals surface area contributed by atoms with Crippen molar-refractivity contribution in [2.45, 2.75) is 96.9 Å². The Labute approximate surface area is 203 Å². The van der Waals surface area contributed by atoms with Crippen LogP contribution in [0.25, 0.3) is 0 Å². The Morgan fingerprint density at radius 3 is 1.90 bits per heavy atom. The van der Waals surface area contributed by atoms with E-state index < -0.39 is 0 Å². The van der Waals surface area contributed by atoms with Gasteiger partial charge in [0.25, 0.3) is 0 Å². The molecular weight excluding hydrogens is 427 g/mol. The number of halogens is 2. The van der Waals surface area contributed by atoms with Gasteiger partial charge >= 0.3 is 0 Å². The molecule has 0 radical (unpaired) electrons. The number of rotatable bonds is 18. The molecule has 0 amide bonds. The van der Waals surface area contributed by atoms with Crippen molar-refractivity contribution in [3.8, 4) is 0 Å². The molecule has 0 atom stereocenters. The maximum Gasteiger partial charge on any atom is 0.104 e. The highest BCUT2D eigenvalue weighted by Crippen LogP contribution is 2.14. The zero-order valence-electron chi connectivity index (χ0n) is 20.2. The van der Waals surface area contributed by atoms with E-state index in [0.29, 0.717) is 13.0 Å². The quantitative estimate of drug-likeness (QED) is 0.0962. The van der Waals surface area contributed by atoms with E-state index >= 15 is 0 Å². The minimum Gasteiger partial charge on any atom is -0.862 e. The first-order valence-corrected chi connectivity index (χ1v) is 12.6. The molecule has 0 bridgehead atoms. The average Bonchev–Trinajstić information content (AvgIpc) is 2.71. The van der Waals surface area contributed by atoms with E-state index in [2.05, 4.69) is 38.1 Å². The molecule has 0 aliphatic rings. The van der Waals surface area contributed by atoms with Gasteiger partial charge < -0.3 is 14.6 Å². The number of benzene rings is 1. The highest BCUT2D eigenvalue weighted by Gasteiger charge is 2.15. The Balaban J connectivity index is 0.00000900. The summed E-state index contributed by atoms with van der Waals surface area (Å²) in [6, 6.07) is 8.06. The molecule has 0 saturated carbocycles. The molecule has 1 aromatic carbocycles.